The van der Waals surface area contributed by atoms with Gasteiger partial charge in [-0.15, -0.1) is 0 Å². The maximum Gasteiger partial charge on any atom is 0.347 e. The standard InChI is InChI=1S/C18H18O4/c1-3-21-18(20)13(2)22-16-11-7-10-15(12-16)17(19)14-8-5-4-6-9-14/h4-13H,3H2,1-2H3. The van der Waals surface area contributed by atoms with Crippen molar-refractivity contribution in [3.8, 4) is 5.75 Å². The highest BCUT2D eigenvalue weighted by Gasteiger charge is 2.16. The zero-order valence-electron chi connectivity index (χ0n) is 12.6. The normalized spacial score (nSPS) is 11.5. The second-order valence-corrected chi connectivity index (χ2v) is 4.74. The lowest BCUT2D eigenvalue weighted by Gasteiger charge is -2.13. The average Bonchev–Trinajstić information content (AvgIpc) is 2.55. The third-order valence-electron chi connectivity index (χ3n) is 3.06. The molecule has 0 N–H and O–H groups in total. The Hall–Kier alpha value is -2.62. The van der Waals surface area contributed by atoms with E-state index in [0.717, 1.165) is 0 Å². The number of benzene rings is 2. The minimum absolute atomic E-state index is 0.0881. The molecule has 1 atom stereocenters. The molecule has 2 rings (SSSR count). The molecule has 0 aliphatic heterocycles. The van der Waals surface area contributed by atoms with Crippen LogP contribution in [-0.2, 0) is 9.53 Å². The second-order valence-electron chi connectivity index (χ2n) is 4.74. The Labute approximate surface area is 129 Å². The van der Waals surface area contributed by atoms with E-state index < -0.39 is 12.1 Å². The van der Waals surface area contributed by atoms with Crippen molar-refractivity contribution in [1.29, 1.82) is 0 Å². The molecule has 0 saturated heterocycles. The van der Waals surface area contributed by atoms with Crippen LogP contribution in [0.2, 0.25) is 0 Å². The van der Waals surface area contributed by atoms with E-state index in [9.17, 15) is 9.59 Å². The molecule has 0 aliphatic carbocycles. The fourth-order valence-electron chi connectivity index (χ4n) is 1.98. The number of carbonyl (C=O) groups excluding carboxylic acids is 2. The van der Waals surface area contributed by atoms with Crippen LogP contribution in [0, 0.1) is 0 Å². The maximum absolute atomic E-state index is 12.4. The fourth-order valence-corrected chi connectivity index (χ4v) is 1.98. The van der Waals surface area contributed by atoms with Crippen LogP contribution in [0.3, 0.4) is 0 Å². The molecular formula is C18H18O4. The first kappa shape index (κ1) is 15.8. The van der Waals surface area contributed by atoms with Crippen molar-refractivity contribution in [2.75, 3.05) is 6.61 Å². The van der Waals surface area contributed by atoms with E-state index in [2.05, 4.69) is 0 Å². The minimum atomic E-state index is -0.720. The van der Waals surface area contributed by atoms with Gasteiger partial charge in [-0.05, 0) is 26.0 Å². The van der Waals surface area contributed by atoms with Gasteiger partial charge < -0.3 is 9.47 Å². The van der Waals surface area contributed by atoms with Gasteiger partial charge in [0.1, 0.15) is 5.75 Å². The quantitative estimate of drug-likeness (QED) is 0.607. The highest BCUT2D eigenvalue weighted by atomic mass is 16.6. The van der Waals surface area contributed by atoms with Gasteiger partial charge in [0, 0.05) is 11.1 Å². The highest BCUT2D eigenvalue weighted by molar-refractivity contribution is 6.09. The van der Waals surface area contributed by atoms with E-state index in [1.807, 2.05) is 18.2 Å². The first-order valence-electron chi connectivity index (χ1n) is 7.15. The van der Waals surface area contributed by atoms with Crippen molar-refractivity contribution in [3.05, 3.63) is 65.7 Å². The van der Waals surface area contributed by atoms with Crippen LogP contribution < -0.4 is 4.74 Å². The van der Waals surface area contributed by atoms with Crippen LogP contribution in [0.1, 0.15) is 29.8 Å². The van der Waals surface area contributed by atoms with Gasteiger partial charge in [0.05, 0.1) is 6.61 Å². The molecule has 2 aromatic carbocycles. The molecular weight excluding hydrogens is 280 g/mol. The first-order valence-corrected chi connectivity index (χ1v) is 7.15. The zero-order valence-corrected chi connectivity index (χ0v) is 12.6. The number of ketones is 1. The minimum Gasteiger partial charge on any atom is -0.479 e. The smallest absolute Gasteiger partial charge is 0.347 e. The first-order chi connectivity index (χ1) is 10.6. The Kier molecular flexibility index (Phi) is 5.31. The molecule has 0 aromatic heterocycles. The Bertz CT molecular complexity index is 649. The molecule has 0 saturated carbocycles. The van der Waals surface area contributed by atoms with Gasteiger partial charge in [-0.25, -0.2) is 4.79 Å². The predicted octanol–water partition coefficient (Wildman–Crippen LogP) is 3.25. The summed E-state index contributed by atoms with van der Waals surface area (Å²) >= 11 is 0. The number of hydrogen-bond acceptors (Lipinski definition) is 4. The van der Waals surface area contributed by atoms with E-state index in [0.29, 0.717) is 23.5 Å². The Balaban J connectivity index is 2.13. The van der Waals surface area contributed by atoms with E-state index in [1.54, 1.807) is 50.2 Å². The summed E-state index contributed by atoms with van der Waals surface area (Å²) in [7, 11) is 0. The van der Waals surface area contributed by atoms with Gasteiger partial charge >= 0.3 is 5.97 Å². The maximum atomic E-state index is 12.4. The summed E-state index contributed by atoms with van der Waals surface area (Å²) in [6.07, 6.45) is -0.720. The number of ether oxygens (including phenoxy) is 2. The van der Waals surface area contributed by atoms with Crippen LogP contribution in [0.25, 0.3) is 0 Å². The number of hydrogen-bond donors (Lipinski definition) is 0. The molecule has 0 fully saturated rings. The molecule has 4 heteroatoms. The monoisotopic (exact) mass is 298 g/mol. The van der Waals surface area contributed by atoms with Crippen molar-refractivity contribution >= 4 is 11.8 Å². The molecule has 114 valence electrons. The van der Waals surface area contributed by atoms with Crippen LogP contribution in [0.4, 0.5) is 0 Å². The number of esters is 1. The summed E-state index contributed by atoms with van der Waals surface area (Å²) in [5.74, 6) is -0.0561. The molecule has 0 spiro atoms. The molecule has 1 unspecified atom stereocenters. The third-order valence-corrected chi connectivity index (χ3v) is 3.06. The van der Waals surface area contributed by atoms with E-state index in [4.69, 9.17) is 9.47 Å². The summed E-state index contributed by atoms with van der Waals surface area (Å²) in [5.41, 5.74) is 1.12. The molecule has 0 bridgehead atoms. The van der Waals surface area contributed by atoms with Gasteiger partial charge in [0.25, 0.3) is 0 Å². The number of carbonyl (C=O) groups is 2. The summed E-state index contributed by atoms with van der Waals surface area (Å²) in [6, 6.07) is 15.8. The molecule has 0 heterocycles. The Morgan fingerprint density at radius 2 is 1.68 bits per heavy atom. The molecule has 4 nitrogen and oxygen atoms in total. The van der Waals surface area contributed by atoms with Gasteiger partial charge in [0.15, 0.2) is 11.9 Å². The van der Waals surface area contributed by atoms with Crippen molar-refractivity contribution in [1.82, 2.24) is 0 Å². The largest absolute Gasteiger partial charge is 0.479 e. The van der Waals surface area contributed by atoms with Crippen LogP contribution in [0.15, 0.2) is 54.6 Å². The molecule has 22 heavy (non-hydrogen) atoms. The van der Waals surface area contributed by atoms with Crippen molar-refractivity contribution in [2.24, 2.45) is 0 Å². The van der Waals surface area contributed by atoms with E-state index in [1.165, 1.54) is 0 Å². The Morgan fingerprint density at radius 1 is 1.00 bits per heavy atom. The summed E-state index contributed by atoms with van der Waals surface area (Å²) in [4.78, 5) is 23.9. The molecule has 0 aliphatic rings. The van der Waals surface area contributed by atoms with Gasteiger partial charge in [0.2, 0.25) is 0 Å². The van der Waals surface area contributed by atoms with Crippen molar-refractivity contribution < 1.29 is 19.1 Å². The third kappa shape index (κ3) is 3.95. The molecule has 0 amide bonds. The van der Waals surface area contributed by atoms with Gasteiger partial charge in [-0.1, -0.05) is 42.5 Å². The highest BCUT2D eigenvalue weighted by Crippen LogP contribution is 2.18. The van der Waals surface area contributed by atoms with E-state index >= 15 is 0 Å². The fraction of sp³-hybridized carbons (Fsp3) is 0.222. The predicted molar refractivity (Wildman–Crippen MR) is 83.0 cm³/mol. The van der Waals surface area contributed by atoms with Crippen LogP contribution in [0.5, 0.6) is 5.75 Å². The van der Waals surface area contributed by atoms with Crippen LogP contribution in [-0.4, -0.2) is 24.5 Å². The van der Waals surface area contributed by atoms with Gasteiger partial charge in [-0.3, -0.25) is 4.79 Å². The Morgan fingerprint density at radius 3 is 2.36 bits per heavy atom. The van der Waals surface area contributed by atoms with E-state index in [-0.39, 0.29) is 5.78 Å². The summed E-state index contributed by atoms with van der Waals surface area (Å²) in [5, 5.41) is 0. The van der Waals surface area contributed by atoms with Crippen molar-refractivity contribution in [2.45, 2.75) is 20.0 Å². The lowest BCUT2D eigenvalue weighted by molar-refractivity contribution is -0.150. The SMILES string of the molecule is CCOC(=O)C(C)Oc1cccc(C(=O)c2ccccc2)c1. The lowest BCUT2D eigenvalue weighted by Crippen LogP contribution is -2.26. The molecule has 2 aromatic rings. The number of rotatable bonds is 6. The topological polar surface area (TPSA) is 52.6 Å². The zero-order chi connectivity index (χ0) is 15.9. The second kappa shape index (κ2) is 7.41. The summed E-state index contributed by atoms with van der Waals surface area (Å²) in [6.45, 7) is 3.66. The lowest BCUT2D eigenvalue weighted by atomic mass is 10.0. The summed E-state index contributed by atoms with van der Waals surface area (Å²) < 4.78 is 10.4. The molecule has 0 radical (unpaired) electrons. The van der Waals surface area contributed by atoms with Crippen LogP contribution >= 0.6 is 0 Å². The average molecular weight is 298 g/mol. The van der Waals surface area contributed by atoms with Crippen molar-refractivity contribution in [3.63, 3.8) is 0 Å². The van der Waals surface area contributed by atoms with Gasteiger partial charge in [-0.2, -0.15) is 0 Å².